The van der Waals surface area contributed by atoms with E-state index in [0.717, 1.165) is 0 Å². The summed E-state index contributed by atoms with van der Waals surface area (Å²) in [5, 5.41) is 11.7. The van der Waals surface area contributed by atoms with Crippen LogP contribution in [0.3, 0.4) is 0 Å². The van der Waals surface area contributed by atoms with E-state index in [1.165, 1.54) is 0 Å². The van der Waals surface area contributed by atoms with Crippen molar-refractivity contribution in [1.82, 2.24) is 10.2 Å². The van der Waals surface area contributed by atoms with Crippen LogP contribution >= 0.6 is 0 Å². The molecule has 1 aromatic carbocycles. The third kappa shape index (κ3) is 4.95. The Kier molecular flexibility index (Phi) is 6.16. The van der Waals surface area contributed by atoms with Crippen LogP contribution in [0.1, 0.15) is 30.1 Å². The molecule has 140 valence electrons. The fourth-order valence-electron chi connectivity index (χ4n) is 2.80. The molecule has 0 saturated carbocycles. The summed E-state index contributed by atoms with van der Waals surface area (Å²) in [6.45, 7) is 2.36. The summed E-state index contributed by atoms with van der Waals surface area (Å²) < 4.78 is 0. The maximum atomic E-state index is 12.4. The van der Waals surface area contributed by atoms with E-state index in [0.29, 0.717) is 37.2 Å². The number of likely N-dealkylation sites (tertiary alicyclic amines) is 1. The van der Waals surface area contributed by atoms with Crippen LogP contribution < -0.4 is 16.8 Å². The maximum Gasteiger partial charge on any atom is 0.306 e. The van der Waals surface area contributed by atoms with Gasteiger partial charge in [0.25, 0.3) is 5.91 Å². The number of carboxylic acid groups (broad SMARTS) is 1. The maximum absolute atomic E-state index is 12.4. The van der Waals surface area contributed by atoms with Gasteiger partial charge in [-0.15, -0.1) is 0 Å². The molecule has 1 aromatic rings. The minimum absolute atomic E-state index is 0.0758. The topological polar surface area (TPSA) is 151 Å². The molecule has 1 aliphatic heterocycles. The first-order valence-electron chi connectivity index (χ1n) is 8.30. The second-order valence-corrected chi connectivity index (χ2v) is 6.22. The molecule has 26 heavy (non-hydrogen) atoms. The average Bonchev–Trinajstić information content (AvgIpc) is 2.61. The molecular formula is C17H23N5O4. The number of carbonyl (C=O) groups is 3. The van der Waals surface area contributed by atoms with Gasteiger partial charge in [0.1, 0.15) is 6.04 Å². The molecule has 0 aliphatic carbocycles. The Bertz CT molecular complexity index is 704. The van der Waals surface area contributed by atoms with Crippen molar-refractivity contribution in [1.29, 1.82) is 0 Å². The zero-order valence-electron chi connectivity index (χ0n) is 14.5. The largest absolute Gasteiger partial charge is 0.481 e. The molecule has 0 spiro atoms. The molecule has 9 heteroatoms. The average molecular weight is 361 g/mol. The minimum Gasteiger partial charge on any atom is -0.481 e. The Balaban J connectivity index is 1.91. The third-order valence-electron chi connectivity index (χ3n) is 4.26. The first-order chi connectivity index (χ1) is 12.3. The molecule has 9 nitrogen and oxygen atoms in total. The summed E-state index contributed by atoms with van der Waals surface area (Å²) in [5.74, 6) is -1.93. The number of nitrogens with one attached hydrogen (secondary N) is 1. The van der Waals surface area contributed by atoms with Crippen molar-refractivity contribution in [3.8, 4) is 0 Å². The summed E-state index contributed by atoms with van der Waals surface area (Å²) >= 11 is 0. The van der Waals surface area contributed by atoms with Crippen LogP contribution in [0.5, 0.6) is 0 Å². The number of hydrogen-bond donors (Lipinski definition) is 4. The Morgan fingerprint density at radius 2 is 1.77 bits per heavy atom. The molecule has 0 bridgehead atoms. The van der Waals surface area contributed by atoms with Gasteiger partial charge in [-0.25, -0.2) is 4.99 Å². The number of aliphatic imine (C=N–C) groups is 1. The van der Waals surface area contributed by atoms with Gasteiger partial charge < -0.3 is 26.8 Å². The predicted octanol–water partition coefficient (Wildman–Crippen LogP) is 0.0330. The summed E-state index contributed by atoms with van der Waals surface area (Å²) in [6.07, 6.45) is 0.849. The standard InChI is InChI=1S/C17H23N5O4/c1-10(15(24)22-8-6-12(7-9-22)16(25)26)20-14(23)11-2-4-13(5-3-11)21-17(18)19/h2-5,10,12H,6-9H2,1H3,(H,20,23)(H,25,26)(H4,18,19,21)/t10-/m0/s1. The van der Waals surface area contributed by atoms with Gasteiger partial charge in [0.2, 0.25) is 5.91 Å². The number of hydrogen-bond acceptors (Lipinski definition) is 4. The number of rotatable bonds is 5. The normalized spacial score (nSPS) is 15.8. The summed E-state index contributed by atoms with van der Waals surface area (Å²) in [5.41, 5.74) is 11.5. The van der Waals surface area contributed by atoms with Crippen LogP contribution in [0.2, 0.25) is 0 Å². The van der Waals surface area contributed by atoms with E-state index in [1.54, 1.807) is 36.1 Å². The quantitative estimate of drug-likeness (QED) is 0.429. The molecule has 0 aromatic heterocycles. The zero-order valence-corrected chi connectivity index (χ0v) is 14.5. The SMILES string of the molecule is C[C@H](NC(=O)c1ccc(N=C(N)N)cc1)C(=O)N1CCC(C(=O)O)CC1. The number of benzene rings is 1. The van der Waals surface area contributed by atoms with E-state index < -0.39 is 17.9 Å². The minimum atomic E-state index is -0.831. The lowest BCUT2D eigenvalue weighted by atomic mass is 9.97. The predicted molar refractivity (Wildman–Crippen MR) is 95.8 cm³/mol. The number of carboxylic acids is 1. The molecule has 2 amide bonds. The van der Waals surface area contributed by atoms with Gasteiger partial charge in [0, 0.05) is 18.7 Å². The van der Waals surface area contributed by atoms with E-state index >= 15 is 0 Å². The number of amides is 2. The van der Waals surface area contributed by atoms with Gasteiger partial charge in [-0.3, -0.25) is 14.4 Å². The number of carbonyl (C=O) groups excluding carboxylic acids is 2. The highest BCUT2D eigenvalue weighted by atomic mass is 16.4. The third-order valence-corrected chi connectivity index (χ3v) is 4.26. The lowest BCUT2D eigenvalue weighted by Crippen LogP contribution is -2.49. The highest BCUT2D eigenvalue weighted by molar-refractivity contribution is 5.97. The molecule has 1 heterocycles. The summed E-state index contributed by atoms with van der Waals surface area (Å²) in [7, 11) is 0. The van der Waals surface area contributed by atoms with Crippen molar-refractivity contribution in [2.45, 2.75) is 25.8 Å². The summed E-state index contributed by atoms with van der Waals surface area (Å²) in [4.78, 5) is 41.1. The Hall–Kier alpha value is -3.10. The molecule has 0 unspecified atom stereocenters. The van der Waals surface area contributed by atoms with Crippen LogP contribution in [-0.4, -0.2) is 52.9 Å². The molecule has 1 saturated heterocycles. The van der Waals surface area contributed by atoms with E-state index in [2.05, 4.69) is 10.3 Å². The fourth-order valence-corrected chi connectivity index (χ4v) is 2.80. The molecule has 2 rings (SSSR count). The molecule has 6 N–H and O–H groups in total. The van der Waals surface area contributed by atoms with Gasteiger partial charge in [0.05, 0.1) is 11.6 Å². The zero-order chi connectivity index (χ0) is 19.3. The van der Waals surface area contributed by atoms with Crippen molar-refractivity contribution < 1.29 is 19.5 Å². The number of aliphatic carboxylic acids is 1. The van der Waals surface area contributed by atoms with Crippen LogP contribution in [0.4, 0.5) is 5.69 Å². The first kappa shape index (κ1) is 19.2. The molecule has 1 fully saturated rings. The molecule has 1 atom stereocenters. The van der Waals surface area contributed by atoms with Gasteiger partial charge in [-0.2, -0.15) is 0 Å². The van der Waals surface area contributed by atoms with E-state index in [9.17, 15) is 14.4 Å². The van der Waals surface area contributed by atoms with E-state index in [1.807, 2.05) is 0 Å². The van der Waals surface area contributed by atoms with Gasteiger partial charge in [0.15, 0.2) is 5.96 Å². The fraction of sp³-hybridized carbons (Fsp3) is 0.412. The van der Waals surface area contributed by atoms with Crippen molar-refractivity contribution in [2.75, 3.05) is 13.1 Å². The Morgan fingerprint density at radius 3 is 2.27 bits per heavy atom. The van der Waals surface area contributed by atoms with Gasteiger partial charge >= 0.3 is 5.97 Å². The molecule has 0 radical (unpaired) electrons. The van der Waals surface area contributed by atoms with Crippen molar-refractivity contribution >= 4 is 29.4 Å². The molecule has 1 aliphatic rings. The Morgan fingerprint density at radius 1 is 1.19 bits per heavy atom. The van der Waals surface area contributed by atoms with Gasteiger partial charge in [-0.05, 0) is 44.0 Å². The van der Waals surface area contributed by atoms with Crippen LogP contribution in [0, 0.1) is 5.92 Å². The van der Waals surface area contributed by atoms with Crippen LogP contribution in [0.15, 0.2) is 29.3 Å². The number of piperidine rings is 1. The first-order valence-corrected chi connectivity index (χ1v) is 8.30. The smallest absolute Gasteiger partial charge is 0.306 e. The highest BCUT2D eigenvalue weighted by Crippen LogP contribution is 2.18. The van der Waals surface area contributed by atoms with Crippen LogP contribution in [-0.2, 0) is 9.59 Å². The van der Waals surface area contributed by atoms with Crippen molar-refractivity contribution in [2.24, 2.45) is 22.4 Å². The molecular weight excluding hydrogens is 338 g/mol. The van der Waals surface area contributed by atoms with Gasteiger partial charge in [-0.1, -0.05) is 0 Å². The van der Waals surface area contributed by atoms with E-state index in [4.69, 9.17) is 16.6 Å². The Labute approximate surface area is 151 Å². The monoisotopic (exact) mass is 361 g/mol. The summed E-state index contributed by atoms with van der Waals surface area (Å²) in [6, 6.07) is 5.61. The van der Waals surface area contributed by atoms with Crippen LogP contribution in [0.25, 0.3) is 0 Å². The lowest BCUT2D eigenvalue weighted by Gasteiger charge is -2.32. The lowest BCUT2D eigenvalue weighted by molar-refractivity contribution is -0.146. The van der Waals surface area contributed by atoms with E-state index in [-0.39, 0.29) is 17.8 Å². The highest BCUT2D eigenvalue weighted by Gasteiger charge is 2.29. The second kappa shape index (κ2) is 8.32. The number of nitrogens with two attached hydrogens (primary N) is 2. The number of guanidine groups is 1. The second-order valence-electron chi connectivity index (χ2n) is 6.22. The number of nitrogens with zero attached hydrogens (tertiary/aromatic N) is 2. The van der Waals surface area contributed by atoms with Crippen molar-refractivity contribution in [3.63, 3.8) is 0 Å². The van der Waals surface area contributed by atoms with Crippen molar-refractivity contribution in [3.05, 3.63) is 29.8 Å².